The number of unbranched alkanes of at least 4 members (excludes halogenated alkanes) is 23. The van der Waals surface area contributed by atoms with E-state index in [1.807, 2.05) is 6.08 Å². The van der Waals surface area contributed by atoms with E-state index < -0.39 is 28.0 Å². The van der Waals surface area contributed by atoms with Crippen molar-refractivity contribution in [2.75, 3.05) is 5.75 Å². The molecule has 1 amide bonds. The SMILES string of the molecule is CC/C=C\C/C=C\C/C=C\C/C=C\C/C=C\CCCCCCCCCC(=O)NC(CS(=O)(=O)O)C(O)/C=C/CC/C=C/CCCCCCCCCCCCCCCCC. The van der Waals surface area contributed by atoms with E-state index in [0.717, 1.165) is 70.6 Å². The van der Waals surface area contributed by atoms with Crippen molar-refractivity contribution in [1.29, 1.82) is 0 Å². The van der Waals surface area contributed by atoms with Crippen LogP contribution in [0.1, 0.15) is 219 Å². The van der Waals surface area contributed by atoms with Gasteiger partial charge in [0.1, 0.15) is 0 Å². The number of carbonyl (C=O) groups is 1. The number of aliphatic hydroxyl groups is 1. The van der Waals surface area contributed by atoms with Gasteiger partial charge in [-0.2, -0.15) is 8.42 Å². The van der Waals surface area contributed by atoms with Gasteiger partial charge < -0.3 is 10.4 Å². The lowest BCUT2D eigenvalue weighted by Gasteiger charge is -2.21. The summed E-state index contributed by atoms with van der Waals surface area (Å²) in [6.45, 7) is 4.43. The maximum absolute atomic E-state index is 12.6. The predicted molar refractivity (Wildman–Crippen MR) is 257 cm³/mol. The molecule has 0 aliphatic rings. The molecule has 6 nitrogen and oxygen atoms in total. The summed E-state index contributed by atoms with van der Waals surface area (Å²) in [5.74, 6) is -1.02. The van der Waals surface area contributed by atoms with Crippen molar-refractivity contribution in [2.45, 2.75) is 231 Å². The monoisotopic (exact) mass is 842 g/mol. The molecular formula is C52H91NO5S. The molecule has 0 radical (unpaired) electrons. The quantitative estimate of drug-likeness (QED) is 0.0322. The van der Waals surface area contributed by atoms with Crippen LogP contribution >= 0.6 is 0 Å². The van der Waals surface area contributed by atoms with Crippen molar-refractivity contribution in [1.82, 2.24) is 5.32 Å². The molecule has 0 aromatic rings. The molecule has 0 saturated heterocycles. The molecule has 0 aromatic carbocycles. The van der Waals surface area contributed by atoms with E-state index in [0.29, 0.717) is 12.8 Å². The lowest BCUT2D eigenvalue weighted by Crippen LogP contribution is -2.46. The predicted octanol–water partition coefficient (Wildman–Crippen LogP) is 15.1. The molecule has 0 aromatic heterocycles. The third kappa shape index (κ3) is 46.4. The second kappa shape index (κ2) is 45.1. The zero-order valence-electron chi connectivity index (χ0n) is 38.1. The number of hydrogen-bond donors (Lipinski definition) is 3. The Labute approximate surface area is 365 Å². The summed E-state index contributed by atoms with van der Waals surface area (Å²) in [6.07, 6.45) is 65.8. The van der Waals surface area contributed by atoms with Gasteiger partial charge in [0.25, 0.3) is 10.1 Å². The fourth-order valence-electron chi connectivity index (χ4n) is 6.96. The van der Waals surface area contributed by atoms with E-state index in [-0.39, 0.29) is 12.3 Å². The van der Waals surface area contributed by atoms with Crippen molar-refractivity contribution in [2.24, 2.45) is 0 Å². The number of hydrogen-bond acceptors (Lipinski definition) is 4. The van der Waals surface area contributed by atoms with Crippen LogP contribution in [0.3, 0.4) is 0 Å². The largest absolute Gasteiger partial charge is 0.387 e. The van der Waals surface area contributed by atoms with Crippen LogP contribution in [-0.2, 0) is 14.9 Å². The van der Waals surface area contributed by atoms with E-state index in [1.165, 1.54) is 122 Å². The van der Waals surface area contributed by atoms with Crippen molar-refractivity contribution in [3.63, 3.8) is 0 Å². The molecule has 0 aliphatic heterocycles. The molecule has 2 unspecified atom stereocenters. The van der Waals surface area contributed by atoms with E-state index in [1.54, 1.807) is 0 Å². The standard InChI is InChI=1S/C52H91NO5S/c1-3-5-7-9-11-13-15-17-19-21-23-25-26-28-30-32-34-36-38-40-42-44-46-48-52(55)53-50(49-59(56,57)58)51(54)47-45-43-41-39-37-35-33-31-29-27-24-22-20-18-16-14-12-10-8-6-4-2/h5,7,11,13,17,19,23,25,28,30,37,39,45,47,50-51,54H,3-4,6,8-10,12,14-16,18,20-22,24,26-27,29,31-36,38,40-44,46,48-49H2,1-2H3,(H,53,55)(H,56,57,58)/b7-5-,13-11-,19-17-,25-23-,30-28-,39-37+,47-45+. The first-order valence-corrected chi connectivity index (χ1v) is 25.9. The second-order valence-corrected chi connectivity index (χ2v) is 17.8. The van der Waals surface area contributed by atoms with Gasteiger partial charge in [-0.3, -0.25) is 9.35 Å². The summed E-state index contributed by atoms with van der Waals surface area (Å²) in [7, 11) is -4.37. The highest BCUT2D eigenvalue weighted by Crippen LogP contribution is 2.15. The zero-order valence-corrected chi connectivity index (χ0v) is 38.9. The van der Waals surface area contributed by atoms with Gasteiger partial charge in [0.05, 0.1) is 17.9 Å². The lowest BCUT2D eigenvalue weighted by atomic mass is 10.0. The van der Waals surface area contributed by atoms with E-state index >= 15 is 0 Å². The lowest BCUT2D eigenvalue weighted by molar-refractivity contribution is -0.122. The average molecular weight is 842 g/mol. The van der Waals surface area contributed by atoms with Crippen LogP contribution in [-0.4, -0.2) is 41.9 Å². The first-order chi connectivity index (χ1) is 28.8. The first-order valence-electron chi connectivity index (χ1n) is 24.3. The van der Waals surface area contributed by atoms with Gasteiger partial charge in [-0.05, 0) is 77.0 Å². The zero-order chi connectivity index (χ0) is 43.2. The van der Waals surface area contributed by atoms with Crippen LogP contribution in [0.5, 0.6) is 0 Å². The Kier molecular flexibility index (Phi) is 43.2. The summed E-state index contributed by atoms with van der Waals surface area (Å²) in [5, 5.41) is 13.3. The number of carbonyl (C=O) groups excluding carboxylic acids is 1. The van der Waals surface area contributed by atoms with Crippen LogP contribution in [0.4, 0.5) is 0 Å². The Morgan fingerprint density at radius 1 is 0.475 bits per heavy atom. The number of amides is 1. The highest BCUT2D eigenvalue weighted by atomic mass is 32.2. The first kappa shape index (κ1) is 56.5. The molecular weight excluding hydrogens is 751 g/mol. The molecule has 0 spiro atoms. The minimum Gasteiger partial charge on any atom is -0.387 e. The topological polar surface area (TPSA) is 104 Å². The maximum Gasteiger partial charge on any atom is 0.267 e. The fraction of sp³-hybridized carbons (Fsp3) is 0.712. The van der Waals surface area contributed by atoms with Crippen molar-refractivity contribution >= 4 is 16.0 Å². The van der Waals surface area contributed by atoms with Crippen LogP contribution in [0.2, 0.25) is 0 Å². The smallest absolute Gasteiger partial charge is 0.267 e. The summed E-state index contributed by atoms with van der Waals surface area (Å²) >= 11 is 0. The van der Waals surface area contributed by atoms with Gasteiger partial charge in [0.15, 0.2) is 0 Å². The van der Waals surface area contributed by atoms with Gasteiger partial charge in [-0.25, -0.2) is 0 Å². The highest BCUT2D eigenvalue weighted by molar-refractivity contribution is 7.85. The molecule has 0 aliphatic carbocycles. The van der Waals surface area contributed by atoms with E-state index in [2.05, 4.69) is 92.1 Å². The average Bonchev–Trinajstić information content (AvgIpc) is 3.20. The van der Waals surface area contributed by atoms with Gasteiger partial charge in [0, 0.05) is 6.42 Å². The summed E-state index contributed by atoms with van der Waals surface area (Å²) in [6, 6.07) is -1.09. The number of nitrogens with one attached hydrogen (secondary N) is 1. The maximum atomic E-state index is 12.6. The molecule has 3 N–H and O–H groups in total. The number of aliphatic hydroxyl groups excluding tert-OH is 1. The molecule has 2 atom stereocenters. The Balaban J connectivity index is 3.92. The van der Waals surface area contributed by atoms with Gasteiger partial charge in [-0.15, -0.1) is 0 Å². The molecule has 7 heteroatoms. The normalized spacial score (nSPS) is 13.9. The van der Waals surface area contributed by atoms with Crippen LogP contribution in [0.15, 0.2) is 85.1 Å². The second-order valence-electron chi connectivity index (χ2n) is 16.4. The van der Waals surface area contributed by atoms with Gasteiger partial charge >= 0.3 is 0 Å². The molecule has 0 heterocycles. The van der Waals surface area contributed by atoms with Crippen molar-refractivity contribution in [3.8, 4) is 0 Å². The molecule has 0 bridgehead atoms. The molecule has 0 saturated carbocycles. The van der Waals surface area contributed by atoms with Gasteiger partial charge in [-0.1, -0.05) is 221 Å². The van der Waals surface area contributed by atoms with Crippen LogP contribution in [0.25, 0.3) is 0 Å². The van der Waals surface area contributed by atoms with E-state index in [4.69, 9.17) is 0 Å². The van der Waals surface area contributed by atoms with Crippen LogP contribution < -0.4 is 5.32 Å². The summed E-state index contributed by atoms with van der Waals surface area (Å²) in [5.41, 5.74) is 0. The summed E-state index contributed by atoms with van der Waals surface area (Å²) < 4.78 is 32.6. The minimum absolute atomic E-state index is 0.270. The third-order valence-electron chi connectivity index (χ3n) is 10.6. The Morgan fingerprint density at radius 2 is 0.831 bits per heavy atom. The van der Waals surface area contributed by atoms with Crippen molar-refractivity contribution in [3.05, 3.63) is 85.1 Å². The summed E-state index contributed by atoms with van der Waals surface area (Å²) in [4.78, 5) is 12.6. The minimum atomic E-state index is -4.37. The Morgan fingerprint density at radius 3 is 1.27 bits per heavy atom. The third-order valence-corrected chi connectivity index (χ3v) is 11.3. The fourth-order valence-corrected chi connectivity index (χ4v) is 7.70. The molecule has 0 fully saturated rings. The number of allylic oxidation sites excluding steroid dienone is 13. The number of rotatable bonds is 43. The van der Waals surface area contributed by atoms with Crippen molar-refractivity contribution < 1.29 is 22.9 Å². The van der Waals surface area contributed by atoms with Gasteiger partial charge in [0.2, 0.25) is 5.91 Å². The van der Waals surface area contributed by atoms with E-state index in [9.17, 15) is 22.9 Å². The Bertz CT molecular complexity index is 1250. The highest BCUT2D eigenvalue weighted by Gasteiger charge is 2.24. The molecule has 340 valence electrons. The Hall–Kier alpha value is -2.48. The molecule has 0 rings (SSSR count). The molecule has 59 heavy (non-hydrogen) atoms. The van der Waals surface area contributed by atoms with Crippen LogP contribution in [0, 0.1) is 0 Å².